The van der Waals surface area contributed by atoms with Gasteiger partial charge in [0.2, 0.25) is 5.91 Å². The van der Waals surface area contributed by atoms with Crippen LogP contribution < -0.4 is 5.32 Å². The van der Waals surface area contributed by atoms with Gasteiger partial charge in [-0.25, -0.2) is 0 Å². The van der Waals surface area contributed by atoms with Crippen molar-refractivity contribution < 1.29 is 9.53 Å². The molecule has 2 heterocycles. The van der Waals surface area contributed by atoms with Gasteiger partial charge < -0.3 is 10.1 Å². The lowest BCUT2D eigenvalue weighted by molar-refractivity contribution is -0.130. The van der Waals surface area contributed by atoms with E-state index in [2.05, 4.69) is 72.6 Å². The number of hydrogen-bond donors (Lipinski definition) is 1. The molecule has 1 unspecified atom stereocenters. The van der Waals surface area contributed by atoms with E-state index in [9.17, 15) is 4.79 Å². The quantitative estimate of drug-likeness (QED) is 0.777. The van der Waals surface area contributed by atoms with Crippen molar-refractivity contribution in [1.29, 1.82) is 0 Å². The van der Waals surface area contributed by atoms with Gasteiger partial charge in [-0.15, -0.1) is 0 Å². The summed E-state index contributed by atoms with van der Waals surface area (Å²) in [6.07, 6.45) is 3.95. The first-order valence-corrected chi connectivity index (χ1v) is 11.3. The van der Waals surface area contributed by atoms with E-state index in [-0.39, 0.29) is 11.9 Å². The minimum absolute atomic E-state index is 0.146. The maximum absolute atomic E-state index is 13.7. The predicted octanol–water partition coefficient (Wildman–Crippen LogP) is 4.30. The van der Waals surface area contributed by atoms with Crippen molar-refractivity contribution in [1.82, 2.24) is 10.2 Å². The van der Waals surface area contributed by atoms with Crippen LogP contribution in [-0.2, 0) is 14.9 Å². The number of amides is 1. The molecule has 0 aliphatic carbocycles. The molecule has 160 valence electrons. The Morgan fingerprint density at radius 2 is 1.73 bits per heavy atom. The van der Waals surface area contributed by atoms with Crippen molar-refractivity contribution in [2.45, 2.75) is 51.0 Å². The van der Waals surface area contributed by atoms with Crippen LogP contribution in [0.2, 0.25) is 0 Å². The standard InChI is InChI=1S/C26H34N2O2/c1-20-8-10-22(11-9-20)24(28-14-3-4-15-28)19-27-25(29)26(12-16-30-17-13-26)23-7-5-6-21(2)18-23/h5-11,18,24H,3-4,12-17,19H2,1-2H3,(H,27,29). The lowest BCUT2D eigenvalue weighted by Gasteiger charge is -2.37. The summed E-state index contributed by atoms with van der Waals surface area (Å²) in [5, 5.41) is 3.37. The van der Waals surface area contributed by atoms with Gasteiger partial charge in [0, 0.05) is 19.8 Å². The predicted molar refractivity (Wildman–Crippen MR) is 121 cm³/mol. The third-order valence-electron chi connectivity index (χ3n) is 6.85. The molecule has 30 heavy (non-hydrogen) atoms. The van der Waals surface area contributed by atoms with Crippen LogP contribution in [0.4, 0.5) is 0 Å². The normalized spacial score (nSPS) is 20.1. The molecular weight excluding hydrogens is 372 g/mol. The molecule has 0 bridgehead atoms. The van der Waals surface area contributed by atoms with Gasteiger partial charge in [0.15, 0.2) is 0 Å². The SMILES string of the molecule is Cc1ccc(C(CNC(=O)C2(c3cccc(C)c3)CCOCC2)N2CCCC2)cc1. The molecule has 2 aromatic carbocycles. The van der Waals surface area contributed by atoms with Crippen LogP contribution in [0.25, 0.3) is 0 Å². The van der Waals surface area contributed by atoms with Gasteiger partial charge in [-0.2, -0.15) is 0 Å². The van der Waals surface area contributed by atoms with Crippen LogP contribution in [0.5, 0.6) is 0 Å². The van der Waals surface area contributed by atoms with Gasteiger partial charge >= 0.3 is 0 Å². The fourth-order valence-electron chi connectivity index (χ4n) is 4.97. The first-order valence-electron chi connectivity index (χ1n) is 11.3. The maximum atomic E-state index is 13.7. The Morgan fingerprint density at radius 3 is 2.40 bits per heavy atom. The van der Waals surface area contributed by atoms with E-state index in [0.717, 1.165) is 31.5 Å². The van der Waals surface area contributed by atoms with Crippen molar-refractivity contribution in [3.63, 3.8) is 0 Å². The van der Waals surface area contributed by atoms with E-state index >= 15 is 0 Å². The molecule has 1 amide bonds. The molecule has 2 fully saturated rings. The van der Waals surface area contributed by atoms with Crippen molar-refractivity contribution in [3.05, 3.63) is 70.8 Å². The Hall–Kier alpha value is -2.17. The topological polar surface area (TPSA) is 41.6 Å². The smallest absolute Gasteiger partial charge is 0.230 e. The Morgan fingerprint density at radius 1 is 1.03 bits per heavy atom. The fourth-order valence-corrected chi connectivity index (χ4v) is 4.97. The number of rotatable bonds is 6. The minimum Gasteiger partial charge on any atom is -0.381 e. The molecule has 0 aromatic heterocycles. The minimum atomic E-state index is -0.493. The van der Waals surface area contributed by atoms with E-state index in [1.54, 1.807) is 0 Å². The molecule has 4 nitrogen and oxygen atoms in total. The highest BCUT2D eigenvalue weighted by atomic mass is 16.5. The van der Waals surface area contributed by atoms with Gasteiger partial charge in [-0.1, -0.05) is 59.7 Å². The number of aryl methyl sites for hydroxylation is 2. The molecule has 0 radical (unpaired) electrons. The molecule has 4 rings (SSSR count). The fraction of sp³-hybridized carbons (Fsp3) is 0.500. The van der Waals surface area contributed by atoms with Crippen molar-refractivity contribution >= 4 is 5.91 Å². The van der Waals surface area contributed by atoms with Gasteiger partial charge in [-0.05, 0) is 63.7 Å². The summed E-state index contributed by atoms with van der Waals surface area (Å²) < 4.78 is 5.63. The summed E-state index contributed by atoms with van der Waals surface area (Å²) in [7, 11) is 0. The van der Waals surface area contributed by atoms with E-state index in [1.807, 2.05) is 0 Å². The van der Waals surface area contributed by atoms with Crippen molar-refractivity contribution in [3.8, 4) is 0 Å². The summed E-state index contributed by atoms with van der Waals surface area (Å²) in [6, 6.07) is 17.4. The van der Waals surface area contributed by atoms with E-state index in [4.69, 9.17) is 4.74 Å². The number of benzene rings is 2. The Bertz CT molecular complexity index is 850. The van der Waals surface area contributed by atoms with Crippen LogP contribution >= 0.6 is 0 Å². The zero-order chi connectivity index (χ0) is 21.0. The molecule has 4 heteroatoms. The molecule has 0 spiro atoms. The average Bonchev–Trinajstić information content (AvgIpc) is 3.30. The van der Waals surface area contributed by atoms with E-state index in [1.165, 1.54) is 29.5 Å². The number of nitrogens with one attached hydrogen (secondary N) is 1. The zero-order valence-corrected chi connectivity index (χ0v) is 18.3. The highest BCUT2D eigenvalue weighted by Gasteiger charge is 2.42. The number of hydrogen-bond acceptors (Lipinski definition) is 3. The van der Waals surface area contributed by atoms with Gasteiger partial charge in [0.25, 0.3) is 0 Å². The van der Waals surface area contributed by atoms with Crippen LogP contribution in [-0.4, -0.2) is 43.7 Å². The van der Waals surface area contributed by atoms with Crippen molar-refractivity contribution in [2.75, 3.05) is 32.8 Å². The van der Waals surface area contributed by atoms with Crippen molar-refractivity contribution in [2.24, 2.45) is 0 Å². The second-order valence-electron chi connectivity index (χ2n) is 8.94. The molecule has 2 saturated heterocycles. The highest BCUT2D eigenvalue weighted by Crippen LogP contribution is 2.36. The van der Waals surface area contributed by atoms with Crippen LogP contribution in [0, 0.1) is 13.8 Å². The summed E-state index contributed by atoms with van der Waals surface area (Å²) in [4.78, 5) is 16.2. The monoisotopic (exact) mass is 406 g/mol. The molecule has 1 atom stereocenters. The number of ether oxygens (including phenoxy) is 1. The van der Waals surface area contributed by atoms with Gasteiger partial charge in [0.05, 0.1) is 11.5 Å². The Balaban J connectivity index is 1.55. The third-order valence-corrected chi connectivity index (χ3v) is 6.85. The number of nitrogens with zero attached hydrogens (tertiary/aromatic N) is 1. The second kappa shape index (κ2) is 9.32. The summed E-state index contributed by atoms with van der Waals surface area (Å²) in [6.45, 7) is 8.33. The summed E-state index contributed by atoms with van der Waals surface area (Å²) >= 11 is 0. The first-order chi connectivity index (χ1) is 14.6. The van der Waals surface area contributed by atoms with Gasteiger partial charge in [0.1, 0.15) is 0 Å². The molecule has 2 aliphatic heterocycles. The maximum Gasteiger partial charge on any atom is 0.230 e. The van der Waals surface area contributed by atoms with E-state index in [0.29, 0.717) is 19.8 Å². The molecular formula is C26H34N2O2. The van der Waals surface area contributed by atoms with Crippen LogP contribution in [0.15, 0.2) is 48.5 Å². The largest absolute Gasteiger partial charge is 0.381 e. The van der Waals surface area contributed by atoms with Crippen LogP contribution in [0.1, 0.15) is 54.0 Å². The van der Waals surface area contributed by atoms with Crippen LogP contribution in [0.3, 0.4) is 0 Å². The third kappa shape index (κ3) is 4.45. The molecule has 0 saturated carbocycles. The van der Waals surface area contributed by atoms with E-state index < -0.39 is 5.41 Å². The lowest BCUT2D eigenvalue weighted by atomic mass is 9.73. The molecule has 2 aromatic rings. The highest BCUT2D eigenvalue weighted by molar-refractivity contribution is 5.88. The molecule has 1 N–H and O–H groups in total. The number of carbonyl (C=O) groups excluding carboxylic acids is 1. The number of likely N-dealkylation sites (tertiary alicyclic amines) is 1. The Labute approximate surface area is 180 Å². The lowest BCUT2D eigenvalue weighted by Crippen LogP contribution is -2.50. The zero-order valence-electron chi connectivity index (χ0n) is 18.3. The first kappa shape index (κ1) is 21.1. The summed E-state index contributed by atoms with van der Waals surface area (Å²) in [5.41, 5.74) is 4.38. The number of carbonyl (C=O) groups is 1. The second-order valence-corrected chi connectivity index (χ2v) is 8.94. The average molecular weight is 407 g/mol. The Kier molecular flexibility index (Phi) is 6.55. The summed E-state index contributed by atoms with van der Waals surface area (Å²) in [5.74, 6) is 0.146. The van der Waals surface area contributed by atoms with Gasteiger partial charge in [-0.3, -0.25) is 9.69 Å². The molecule has 2 aliphatic rings.